The van der Waals surface area contributed by atoms with E-state index in [0.717, 1.165) is 0 Å². The number of aliphatic hydroxyl groups is 3. The number of aliphatic hydroxyl groups excluding tert-OH is 3. The van der Waals surface area contributed by atoms with Gasteiger partial charge in [-0.25, -0.2) is 4.98 Å². The molecule has 6 rings (SSSR count). The Morgan fingerprint density at radius 3 is 2.43 bits per heavy atom. The van der Waals surface area contributed by atoms with Crippen LogP contribution in [0.5, 0.6) is 0 Å². The highest BCUT2D eigenvalue weighted by atomic mass is 35.5. The molecular weight excluding hydrogens is 406 g/mol. The number of aromatic nitrogens is 4. The fourth-order valence-electron chi connectivity index (χ4n) is 6.14. The first kappa shape index (κ1) is 19.2. The second-order valence-corrected chi connectivity index (χ2v) is 10.2. The maximum absolute atomic E-state index is 10.7. The summed E-state index contributed by atoms with van der Waals surface area (Å²) in [6.07, 6.45) is 8.01. The summed E-state index contributed by atoms with van der Waals surface area (Å²) >= 11 is 6.31. The molecule has 0 bridgehead atoms. The minimum Gasteiger partial charge on any atom is -0.396 e. The molecule has 2 aromatic rings. The van der Waals surface area contributed by atoms with Crippen molar-refractivity contribution in [2.75, 3.05) is 11.9 Å². The largest absolute Gasteiger partial charge is 0.396 e. The molecule has 3 unspecified atom stereocenters. The van der Waals surface area contributed by atoms with Crippen molar-refractivity contribution in [1.29, 1.82) is 0 Å². The maximum atomic E-state index is 10.7. The van der Waals surface area contributed by atoms with Gasteiger partial charge in [-0.1, -0.05) is 12.8 Å². The fraction of sp³-hybridized carbons (Fsp3) is 0.762. The summed E-state index contributed by atoms with van der Waals surface area (Å²) in [6.45, 7) is -0.133. The van der Waals surface area contributed by atoms with Gasteiger partial charge in [-0.15, -0.1) is 0 Å². The summed E-state index contributed by atoms with van der Waals surface area (Å²) in [7, 11) is 0. The molecule has 4 N–H and O–H groups in total. The Balaban J connectivity index is 1.36. The van der Waals surface area contributed by atoms with Crippen LogP contribution in [0.25, 0.3) is 11.2 Å². The number of halogens is 1. The molecule has 0 spiro atoms. The first-order chi connectivity index (χ1) is 14.5. The van der Waals surface area contributed by atoms with Crippen molar-refractivity contribution in [1.82, 2.24) is 19.5 Å². The minimum absolute atomic E-state index is 0.00671. The highest BCUT2D eigenvalue weighted by Crippen LogP contribution is 2.67. The van der Waals surface area contributed by atoms with E-state index >= 15 is 0 Å². The molecule has 8 nitrogen and oxygen atoms in total. The van der Waals surface area contributed by atoms with Gasteiger partial charge in [-0.2, -0.15) is 9.97 Å². The average molecular weight is 434 g/mol. The van der Waals surface area contributed by atoms with Crippen LogP contribution in [-0.2, 0) is 0 Å². The highest BCUT2D eigenvalue weighted by Gasteiger charge is 2.71. The third-order valence-electron chi connectivity index (χ3n) is 8.48. The van der Waals surface area contributed by atoms with Crippen molar-refractivity contribution in [3.63, 3.8) is 0 Å². The number of fused-ring (bicyclic) bond motifs is 2. The Kier molecular flexibility index (Phi) is 4.33. The third kappa shape index (κ3) is 2.60. The lowest BCUT2D eigenvalue weighted by atomic mass is 9.68. The molecule has 0 radical (unpaired) electrons. The predicted octanol–water partition coefficient (Wildman–Crippen LogP) is 2.14. The van der Waals surface area contributed by atoms with E-state index in [2.05, 4.69) is 20.3 Å². The second kappa shape index (κ2) is 6.76. The zero-order valence-corrected chi connectivity index (χ0v) is 17.5. The highest BCUT2D eigenvalue weighted by molar-refractivity contribution is 6.28. The van der Waals surface area contributed by atoms with Gasteiger partial charge in [0.1, 0.15) is 6.10 Å². The number of rotatable bonds is 6. The van der Waals surface area contributed by atoms with Gasteiger partial charge >= 0.3 is 0 Å². The SMILES string of the molecule is OCC12CC1[C@@H](n1cnc3c(NC(C4CCC4)C4CCC4)nc(Cl)nc31)[C@H](O)C2O. The maximum Gasteiger partial charge on any atom is 0.226 e. The van der Waals surface area contributed by atoms with Gasteiger partial charge in [0.25, 0.3) is 0 Å². The summed E-state index contributed by atoms with van der Waals surface area (Å²) in [6, 6.07) is 0.00112. The van der Waals surface area contributed by atoms with Crippen molar-refractivity contribution < 1.29 is 15.3 Å². The van der Waals surface area contributed by atoms with Crippen molar-refractivity contribution in [3.05, 3.63) is 11.6 Å². The second-order valence-electron chi connectivity index (χ2n) is 9.85. The predicted molar refractivity (Wildman–Crippen MR) is 111 cm³/mol. The Labute approximate surface area is 179 Å². The molecule has 4 aliphatic rings. The van der Waals surface area contributed by atoms with E-state index in [4.69, 9.17) is 11.6 Å². The molecule has 0 aromatic carbocycles. The van der Waals surface area contributed by atoms with Crippen LogP contribution >= 0.6 is 11.6 Å². The number of hydrogen-bond acceptors (Lipinski definition) is 7. The third-order valence-corrected chi connectivity index (χ3v) is 8.65. The van der Waals surface area contributed by atoms with Crippen LogP contribution in [-0.4, -0.2) is 59.7 Å². The molecule has 0 amide bonds. The van der Waals surface area contributed by atoms with E-state index in [1.807, 2.05) is 4.57 Å². The topological polar surface area (TPSA) is 116 Å². The molecule has 4 aliphatic carbocycles. The van der Waals surface area contributed by atoms with Gasteiger partial charge < -0.3 is 25.2 Å². The standard InChI is InChI=1S/C21H28ClN5O3/c22-20-25-18(24-13(10-3-1-4-10)11-5-2-6-11)14-19(26-20)27(9-23-14)15-12-7-21(12,8-28)17(30)16(15)29/h9-13,15-17,28-30H,1-8H2,(H,24,25,26)/t12?,15-,16+,17?,21?/m1/s1. The zero-order chi connectivity index (χ0) is 20.6. The van der Waals surface area contributed by atoms with Gasteiger partial charge in [0.2, 0.25) is 5.28 Å². The summed E-state index contributed by atoms with van der Waals surface area (Å²) in [5.41, 5.74) is 0.597. The van der Waals surface area contributed by atoms with Crippen LogP contribution < -0.4 is 5.32 Å². The first-order valence-corrected chi connectivity index (χ1v) is 11.5. The van der Waals surface area contributed by atoms with Gasteiger partial charge in [0.15, 0.2) is 17.0 Å². The van der Waals surface area contributed by atoms with E-state index in [9.17, 15) is 15.3 Å². The van der Waals surface area contributed by atoms with E-state index in [-0.39, 0.29) is 23.9 Å². The lowest BCUT2D eigenvalue weighted by Crippen LogP contribution is -2.42. The Morgan fingerprint density at radius 1 is 1.17 bits per heavy atom. The van der Waals surface area contributed by atoms with E-state index in [0.29, 0.717) is 41.3 Å². The van der Waals surface area contributed by atoms with Crippen molar-refractivity contribution >= 4 is 28.6 Å². The molecule has 4 saturated carbocycles. The lowest BCUT2D eigenvalue weighted by molar-refractivity contribution is -0.0300. The van der Waals surface area contributed by atoms with Crippen LogP contribution in [0.15, 0.2) is 6.33 Å². The molecule has 4 fully saturated rings. The van der Waals surface area contributed by atoms with E-state index < -0.39 is 17.6 Å². The zero-order valence-electron chi connectivity index (χ0n) is 16.8. The van der Waals surface area contributed by atoms with Crippen molar-refractivity contribution in [3.8, 4) is 0 Å². The Hall–Kier alpha value is -1.48. The minimum atomic E-state index is -0.976. The number of hydrogen-bond donors (Lipinski definition) is 4. The number of nitrogens with one attached hydrogen (secondary N) is 1. The van der Waals surface area contributed by atoms with E-state index in [1.54, 1.807) is 6.33 Å². The smallest absolute Gasteiger partial charge is 0.226 e. The fourth-order valence-corrected chi connectivity index (χ4v) is 6.30. The molecule has 162 valence electrons. The van der Waals surface area contributed by atoms with Crippen LogP contribution in [0.2, 0.25) is 5.28 Å². The molecule has 9 heteroatoms. The van der Waals surface area contributed by atoms with Gasteiger partial charge in [0, 0.05) is 11.5 Å². The first-order valence-electron chi connectivity index (χ1n) is 11.2. The molecule has 30 heavy (non-hydrogen) atoms. The van der Waals surface area contributed by atoms with Crippen LogP contribution in [0, 0.1) is 23.2 Å². The van der Waals surface area contributed by atoms with Crippen LogP contribution in [0.4, 0.5) is 5.82 Å². The molecule has 0 saturated heterocycles. The van der Waals surface area contributed by atoms with Gasteiger partial charge in [-0.3, -0.25) is 0 Å². The average Bonchev–Trinajstić information content (AvgIpc) is 3.16. The summed E-state index contributed by atoms with van der Waals surface area (Å²) in [4.78, 5) is 13.5. The summed E-state index contributed by atoms with van der Waals surface area (Å²) in [5, 5.41) is 34.8. The molecule has 2 aromatic heterocycles. The molecule has 0 aliphatic heterocycles. The van der Waals surface area contributed by atoms with Crippen molar-refractivity contribution in [2.24, 2.45) is 23.2 Å². The van der Waals surface area contributed by atoms with Gasteiger partial charge in [0.05, 0.1) is 25.1 Å². The van der Waals surface area contributed by atoms with Gasteiger partial charge in [-0.05, 0) is 61.5 Å². The van der Waals surface area contributed by atoms with Crippen LogP contribution in [0.3, 0.4) is 0 Å². The van der Waals surface area contributed by atoms with Crippen molar-refractivity contribution in [2.45, 2.75) is 69.2 Å². The molecular formula is C21H28ClN5O3. The van der Waals surface area contributed by atoms with E-state index in [1.165, 1.54) is 38.5 Å². The number of nitrogens with zero attached hydrogens (tertiary/aromatic N) is 4. The molecule has 5 atom stereocenters. The Morgan fingerprint density at radius 2 is 1.87 bits per heavy atom. The Bertz CT molecular complexity index is 963. The molecule has 2 heterocycles. The van der Waals surface area contributed by atoms with Crippen LogP contribution in [0.1, 0.15) is 51.0 Å². The summed E-state index contributed by atoms with van der Waals surface area (Å²) in [5.74, 6) is 1.99. The number of imidazole rings is 1. The monoisotopic (exact) mass is 433 g/mol. The normalized spacial score (nSPS) is 36.0. The number of anilines is 1. The summed E-state index contributed by atoms with van der Waals surface area (Å²) < 4.78 is 1.82. The quantitative estimate of drug-likeness (QED) is 0.515. The lowest BCUT2D eigenvalue weighted by Gasteiger charge is -2.43.